The second-order valence-corrected chi connectivity index (χ2v) is 6.39. The van der Waals surface area contributed by atoms with Gasteiger partial charge in [-0.2, -0.15) is 0 Å². The van der Waals surface area contributed by atoms with E-state index in [1.165, 1.54) is 6.07 Å². The predicted molar refractivity (Wildman–Crippen MR) is 88.7 cm³/mol. The summed E-state index contributed by atoms with van der Waals surface area (Å²) in [7, 11) is 0. The Labute approximate surface area is 129 Å². The van der Waals surface area contributed by atoms with E-state index >= 15 is 0 Å². The molecule has 21 heavy (non-hydrogen) atoms. The van der Waals surface area contributed by atoms with Gasteiger partial charge < -0.3 is 5.73 Å². The van der Waals surface area contributed by atoms with Crippen LogP contribution < -0.4 is 5.73 Å². The first kappa shape index (κ1) is 18.1. The Balaban J connectivity index is 3.22. The van der Waals surface area contributed by atoms with Gasteiger partial charge in [-0.15, -0.1) is 0 Å². The van der Waals surface area contributed by atoms with Crippen LogP contribution in [0.2, 0.25) is 0 Å². The monoisotopic (exact) mass is 294 g/mol. The maximum Gasteiger partial charge on any atom is 0.128 e. The van der Waals surface area contributed by atoms with Crippen molar-refractivity contribution in [3.05, 3.63) is 35.6 Å². The van der Waals surface area contributed by atoms with Gasteiger partial charge >= 0.3 is 0 Å². The van der Waals surface area contributed by atoms with Crippen LogP contribution in [0.1, 0.15) is 59.1 Å². The molecule has 0 saturated heterocycles. The minimum atomic E-state index is -0.153. The Hall–Kier alpha value is -0.930. The number of nitrogens with zero attached hydrogens (tertiary/aromatic N) is 1. The highest BCUT2D eigenvalue weighted by molar-refractivity contribution is 5.23. The molecule has 1 aromatic rings. The van der Waals surface area contributed by atoms with E-state index in [1.54, 1.807) is 6.07 Å². The second-order valence-electron chi connectivity index (χ2n) is 6.39. The molecule has 0 amide bonds. The lowest BCUT2D eigenvalue weighted by atomic mass is 9.94. The Bertz CT molecular complexity index is 413. The fraction of sp³-hybridized carbons (Fsp3) is 0.667. The van der Waals surface area contributed by atoms with Crippen LogP contribution in [0.3, 0.4) is 0 Å². The summed E-state index contributed by atoms with van der Waals surface area (Å²) in [6, 6.07) is 7.29. The summed E-state index contributed by atoms with van der Waals surface area (Å²) in [6.07, 6.45) is 2.11. The summed E-state index contributed by atoms with van der Waals surface area (Å²) in [5, 5.41) is 0. The van der Waals surface area contributed by atoms with Gasteiger partial charge in [0.15, 0.2) is 0 Å². The Morgan fingerprint density at radius 2 is 1.67 bits per heavy atom. The number of halogens is 1. The molecule has 2 N–H and O–H groups in total. The molecule has 0 aliphatic carbocycles. The van der Waals surface area contributed by atoms with Crippen LogP contribution in [0.5, 0.6) is 0 Å². The summed E-state index contributed by atoms with van der Waals surface area (Å²) < 4.78 is 14.3. The van der Waals surface area contributed by atoms with Crippen LogP contribution in [0, 0.1) is 11.7 Å². The molecule has 3 heteroatoms. The molecule has 0 aliphatic heterocycles. The normalized spacial score (nSPS) is 15.0. The molecule has 2 nitrogen and oxygen atoms in total. The van der Waals surface area contributed by atoms with Gasteiger partial charge in [-0.3, -0.25) is 4.90 Å². The molecule has 0 aromatic heterocycles. The first-order chi connectivity index (χ1) is 9.92. The zero-order valence-electron chi connectivity index (χ0n) is 14.1. The Kier molecular flexibility index (Phi) is 7.33. The maximum absolute atomic E-state index is 14.3. The van der Waals surface area contributed by atoms with Gasteiger partial charge in [0.2, 0.25) is 0 Å². The number of benzene rings is 1. The van der Waals surface area contributed by atoms with Gasteiger partial charge in [0.25, 0.3) is 0 Å². The van der Waals surface area contributed by atoms with Gasteiger partial charge in [0, 0.05) is 24.2 Å². The van der Waals surface area contributed by atoms with Crippen LogP contribution in [-0.4, -0.2) is 23.5 Å². The van der Waals surface area contributed by atoms with Crippen molar-refractivity contribution in [1.29, 1.82) is 0 Å². The maximum atomic E-state index is 14.3. The summed E-state index contributed by atoms with van der Waals surface area (Å²) in [5.74, 6) is 0.373. The van der Waals surface area contributed by atoms with Crippen molar-refractivity contribution in [2.45, 2.75) is 65.6 Å². The molecule has 2 unspecified atom stereocenters. The summed E-state index contributed by atoms with van der Waals surface area (Å²) >= 11 is 0. The molecule has 0 bridgehead atoms. The van der Waals surface area contributed by atoms with Gasteiger partial charge in [-0.1, -0.05) is 45.9 Å². The van der Waals surface area contributed by atoms with Crippen molar-refractivity contribution in [3.8, 4) is 0 Å². The highest BCUT2D eigenvalue weighted by Gasteiger charge is 2.30. The van der Waals surface area contributed by atoms with Crippen molar-refractivity contribution in [1.82, 2.24) is 4.90 Å². The van der Waals surface area contributed by atoms with E-state index in [9.17, 15) is 4.39 Å². The van der Waals surface area contributed by atoms with Gasteiger partial charge in [0.05, 0.1) is 6.04 Å². The largest absolute Gasteiger partial charge is 0.326 e. The fourth-order valence-electron chi connectivity index (χ4n) is 3.15. The number of rotatable bonds is 8. The third kappa shape index (κ3) is 4.79. The Morgan fingerprint density at radius 1 is 1.10 bits per heavy atom. The first-order valence-electron chi connectivity index (χ1n) is 8.18. The van der Waals surface area contributed by atoms with E-state index in [4.69, 9.17) is 5.73 Å². The molecule has 1 rings (SSSR count). The zero-order chi connectivity index (χ0) is 16.0. The van der Waals surface area contributed by atoms with E-state index in [0.717, 1.165) is 24.9 Å². The highest BCUT2D eigenvalue weighted by Crippen LogP contribution is 2.30. The minimum absolute atomic E-state index is 0.0708. The molecule has 0 fully saturated rings. The molecule has 0 spiro atoms. The van der Waals surface area contributed by atoms with Gasteiger partial charge in [0.1, 0.15) is 5.82 Å². The molecular formula is C18H31FN2. The second kappa shape index (κ2) is 8.50. The molecule has 0 radical (unpaired) electrons. The molecule has 0 heterocycles. The number of nitrogens with two attached hydrogens (primary N) is 1. The number of hydrogen-bond acceptors (Lipinski definition) is 2. The molecular weight excluding hydrogens is 263 g/mol. The van der Waals surface area contributed by atoms with Crippen LogP contribution in [0.15, 0.2) is 24.3 Å². The fourth-order valence-corrected chi connectivity index (χ4v) is 3.15. The molecule has 120 valence electrons. The van der Waals surface area contributed by atoms with E-state index in [0.29, 0.717) is 12.0 Å². The van der Waals surface area contributed by atoms with Gasteiger partial charge in [-0.05, 0) is 31.7 Å². The SMILES string of the molecule is CCC(CC)N(CC(C)C)C(c1ccccc1F)C(C)N. The molecule has 2 atom stereocenters. The van der Waals surface area contributed by atoms with E-state index in [1.807, 2.05) is 19.1 Å². The minimum Gasteiger partial charge on any atom is -0.326 e. The molecule has 0 saturated carbocycles. The van der Waals surface area contributed by atoms with Crippen molar-refractivity contribution < 1.29 is 4.39 Å². The average molecular weight is 294 g/mol. The zero-order valence-corrected chi connectivity index (χ0v) is 14.1. The smallest absolute Gasteiger partial charge is 0.128 e. The lowest BCUT2D eigenvalue weighted by Gasteiger charge is -2.41. The third-order valence-electron chi connectivity index (χ3n) is 4.07. The quantitative estimate of drug-likeness (QED) is 0.772. The van der Waals surface area contributed by atoms with Crippen LogP contribution in [-0.2, 0) is 0 Å². The number of hydrogen-bond donors (Lipinski definition) is 1. The molecule has 1 aromatic carbocycles. The molecule has 0 aliphatic rings. The average Bonchev–Trinajstić information content (AvgIpc) is 2.41. The van der Waals surface area contributed by atoms with Crippen LogP contribution in [0.25, 0.3) is 0 Å². The first-order valence-corrected chi connectivity index (χ1v) is 8.18. The topological polar surface area (TPSA) is 29.3 Å². The van der Waals surface area contributed by atoms with Crippen molar-refractivity contribution in [2.24, 2.45) is 11.7 Å². The van der Waals surface area contributed by atoms with E-state index in [-0.39, 0.29) is 17.9 Å². The lowest BCUT2D eigenvalue weighted by Crippen LogP contribution is -2.46. The van der Waals surface area contributed by atoms with Gasteiger partial charge in [-0.25, -0.2) is 4.39 Å². The highest BCUT2D eigenvalue weighted by atomic mass is 19.1. The van der Waals surface area contributed by atoms with Crippen LogP contribution in [0.4, 0.5) is 4.39 Å². The van der Waals surface area contributed by atoms with E-state index < -0.39 is 0 Å². The van der Waals surface area contributed by atoms with Crippen molar-refractivity contribution in [3.63, 3.8) is 0 Å². The van der Waals surface area contributed by atoms with E-state index in [2.05, 4.69) is 32.6 Å². The standard InChI is InChI=1S/C18H31FN2/c1-6-15(7-2)21(12-13(3)4)18(14(5)20)16-10-8-9-11-17(16)19/h8-11,13-15,18H,6-7,12,20H2,1-5H3. The van der Waals surface area contributed by atoms with Crippen molar-refractivity contribution >= 4 is 0 Å². The predicted octanol–water partition coefficient (Wildman–Crippen LogP) is 4.36. The summed E-state index contributed by atoms with van der Waals surface area (Å²) in [5.41, 5.74) is 6.98. The Morgan fingerprint density at radius 3 is 2.10 bits per heavy atom. The van der Waals surface area contributed by atoms with Crippen molar-refractivity contribution in [2.75, 3.05) is 6.54 Å². The summed E-state index contributed by atoms with van der Waals surface area (Å²) in [4.78, 5) is 2.41. The third-order valence-corrected chi connectivity index (χ3v) is 4.07. The summed E-state index contributed by atoms with van der Waals surface area (Å²) in [6.45, 7) is 11.7. The lowest BCUT2D eigenvalue weighted by molar-refractivity contribution is 0.0933. The van der Waals surface area contributed by atoms with Crippen LogP contribution >= 0.6 is 0 Å².